The van der Waals surface area contributed by atoms with Gasteiger partial charge in [0.15, 0.2) is 5.69 Å². The van der Waals surface area contributed by atoms with E-state index in [1.54, 1.807) is 37.4 Å². The van der Waals surface area contributed by atoms with Crippen molar-refractivity contribution in [1.82, 2.24) is 9.78 Å². The molecule has 0 atom stereocenters. The molecule has 1 amide bonds. The molecule has 122 valence electrons. The van der Waals surface area contributed by atoms with Gasteiger partial charge in [-0.1, -0.05) is 23.8 Å². The highest BCUT2D eigenvalue weighted by Crippen LogP contribution is 2.23. The molecule has 1 heterocycles. The zero-order chi connectivity index (χ0) is 17.3. The highest BCUT2D eigenvalue weighted by Gasteiger charge is 2.18. The summed E-state index contributed by atoms with van der Waals surface area (Å²) in [7, 11) is 3.22. The third kappa shape index (κ3) is 2.74. The second-order valence-corrected chi connectivity index (χ2v) is 5.48. The Morgan fingerprint density at radius 3 is 2.71 bits per heavy atom. The summed E-state index contributed by atoms with van der Waals surface area (Å²) in [6, 6.07) is 12.5. The van der Waals surface area contributed by atoms with Crippen molar-refractivity contribution in [1.29, 1.82) is 0 Å². The van der Waals surface area contributed by atoms with Gasteiger partial charge in [-0.15, -0.1) is 0 Å². The lowest BCUT2D eigenvalue weighted by Gasteiger charge is -2.11. The molecule has 0 unspecified atom stereocenters. The number of carbonyl (C=O) groups is 1. The van der Waals surface area contributed by atoms with E-state index in [0.29, 0.717) is 22.3 Å². The fraction of sp³-hybridized carbons (Fsp3) is 0.167. The van der Waals surface area contributed by atoms with E-state index in [4.69, 9.17) is 4.74 Å². The molecule has 3 rings (SSSR count). The number of nitrogens with zero attached hydrogens (tertiary/aromatic N) is 2. The summed E-state index contributed by atoms with van der Waals surface area (Å²) in [5.41, 5.74) is 1.57. The Labute approximate surface area is 138 Å². The number of ether oxygens (including phenoxy) is 1. The second-order valence-electron chi connectivity index (χ2n) is 5.48. The van der Waals surface area contributed by atoms with Crippen LogP contribution in [0.4, 0.5) is 5.69 Å². The van der Waals surface area contributed by atoms with E-state index in [2.05, 4.69) is 10.4 Å². The first kappa shape index (κ1) is 15.7. The van der Waals surface area contributed by atoms with E-state index < -0.39 is 5.91 Å². The largest absolute Gasteiger partial charge is 0.495 e. The maximum Gasteiger partial charge on any atom is 0.280 e. The van der Waals surface area contributed by atoms with Crippen LogP contribution in [0.2, 0.25) is 0 Å². The molecule has 6 heteroatoms. The summed E-state index contributed by atoms with van der Waals surface area (Å²) in [4.78, 5) is 25.2. The molecule has 0 saturated carbocycles. The first-order valence-electron chi connectivity index (χ1n) is 7.43. The Morgan fingerprint density at radius 2 is 1.96 bits per heavy atom. The van der Waals surface area contributed by atoms with Crippen molar-refractivity contribution in [2.24, 2.45) is 7.05 Å². The van der Waals surface area contributed by atoms with Crippen LogP contribution < -0.4 is 15.5 Å². The number of benzene rings is 2. The molecule has 0 bridgehead atoms. The molecule has 1 N–H and O–H groups in total. The fourth-order valence-corrected chi connectivity index (χ4v) is 2.57. The van der Waals surface area contributed by atoms with Gasteiger partial charge in [0.1, 0.15) is 5.75 Å². The molecule has 2 aromatic carbocycles. The molecule has 0 fully saturated rings. The van der Waals surface area contributed by atoms with Crippen LogP contribution in [0.25, 0.3) is 10.9 Å². The Balaban J connectivity index is 2.07. The van der Waals surface area contributed by atoms with Gasteiger partial charge >= 0.3 is 0 Å². The molecule has 0 aliphatic carbocycles. The number of aromatic nitrogens is 2. The Kier molecular flexibility index (Phi) is 4.04. The summed E-state index contributed by atoms with van der Waals surface area (Å²) in [6.45, 7) is 1.90. The number of hydrogen-bond donors (Lipinski definition) is 1. The number of para-hydroxylation sites is 2. The summed E-state index contributed by atoms with van der Waals surface area (Å²) in [5, 5.41) is 7.29. The minimum atomic E-state index is -0.566. The van der Waals surface area contributed by atoms with Gasteiger partial charge in [0.05, 0.1) is 23.7 Å². The van der Waals surface area contributed by atoms with Crippen LogP contribution >= 0.6 is 0 Å². The number of carbonyl (C=O) groups excluding carboxylic acids is 1. The van der Waals surface area contributed by atoms with Gasteiger partial charge in [-0.3, -0.25) is 14.3 Å². The standard InChI is InChI=1S/C18H17N3O3/c1-11-8-9-14-12(10-11)17(22)16(20-21(14)2)18(23)19-13-6-4-5-7-15(13)24-3/h4-10H,1-3H3,(H,19,23). The highest BCUT2D eigenvalue weighted by molar-refractivity contribution is 6.05. The number of nitrogens with one attached hydrogen (secondary N) is 1. The maximum atomic E-state index is 12.7. The van der Waals surface area contributed by atoms with Crippen LogP contribution in [0.15, 0.2) is 47.3 Å². The average Bonchev–Trinajstić information content (AvgIpc) is 2.58. The lowest BCUT2D eigenvalue weighted by atomic mass is 10.1. The van der Waals surface area contributed by atoms with Gasteiger partial charge in [0, 0.05) is 7.05 Å². The first-order valence-corrected chi connectivity index (χ1v) is 7.43. The van der Waals surface area contributed by atoms with Gasteiger partial charge in [-0.05, 0) is 31.2 Å². The number of rotatable bonds is 3. The molecule has 0 saturated heterocycles. The van der Waals surface area contributed by atoms with Crippen LogP contribution in [0.1, 0.15) is 16.1 Å². The van der Waals surface area contributed by atoms with E-state index >= 15 is 0 Å². The third-order valence-electron chi connectivity index (χ3n) is 3.78. The van der Waals surface area contributed by atoms with E-state index in [0.717, 1.165) is 5.56 Å². The Bertz CT molecular complexity index is 992. The molecular formula is C18H17N3O3. The van der Waals surface area contributed by atoms with Gasteiger partial charge < -0.3 is 10.1 Å². The van der Waals surface area contributed by atoms with E-state index in [1.807, 2.05) is 19.1 Å². The molecular weight excluding hydrogens is 306 g/mol. The summed E-state index contributed by atoms with van der Waals surface area (Å²) < 4.78 is 6.74. The quantitative estimate of drug-likeness (QED) is 0.804. The van der Waals surface area contributed by atoms with Crippen molar-refractivity contribution in [2.75, 3.05) is 12.4 Å². The lowest BCUT2D eigenvalue weighted by molar-refractivity contribution is 0.101. The molecule has 6 nitrogen and oxygen atoms in total. The van der Waals surface area contributed by atoms with Crippen molar-refractivity contribution in [3.63, 3.8) is 0 Å². The average molecular weight is 323 g/mol. The zero-order valence-electron chi connectivity index (χ0n) is 13.7. The van der Waals surface area contributed by atoms with Crippen LogP contribution in [0.5, 0.6) is 5.75 Å². The highest BCUT2D eigenvalue weighted by atomic mass is 16.5. The van der Waals surface area contributed by atoms with Crippen molar-refractivity contribution < 1.29 is 9.53 Å². The van der Waals surface area contributed by atoms with E-state index in [1.165, 1.54) is 11.8 Å². The second kappa shape index (κ2) is 6.16. The molecule has 0 spiro atoms. The minimum Gasteiger partial charge on any atom is -0.495 e. The summed E-state index contributed by atoms with van der Waals surface area (Å²) >= 11 is 0. The van der Waals surface area contributed by atoms with Crippen molar-refractivity contribution >= 4 is 22.5 Å². The zero-order valence-corrected chi connectivity index (χ0v) is 13.7. The van der Waals surface area contributed by atoms with Crippen LogP contribution in [0.3, 0.4) is 0 Å². The van der Waals surface area contributed by atoms with Crippen molar-refractivity contribution in [3.8, 4) is 5.75 Å². The predicted molar refractivity (Wildman–Crippen MR) is 92.7 cm³/mol. The van der Waals surface area contributed by atoms with Crippen LogP contribution in [0, 0.1) is 6.92 Å². The Morgan fingerprint density at radius 1 is 1.21 bits per heavy atom. The van der Waals surface area contributed by atoms with E-state index in [-0.39, 0.29) is 11.1 Å². The monoisotopic (exact) mass is 323 g/mol. The van der Waals surface area contributed by atoms with Gasteiger partial charge in [-0.2, -0.15) is 5.10 Å². The SMILES string of the molecule is COc1ccccc1NC(=O)c1nn(C)c2ccc(C)cc2c1=O. The number of amides is 1. The van der Waals surface area contributed by atoms with Gasteiger partial charge in [0.2, 0.25) is 5.43 Å². The molecule has 0 radical (unpaired) electrons. The normalized spacial score (nSPS) is 10.6. The number of anilines is 1. The smallest absolute Gasteiger partial charge is 0.280 e. The summed E-state index contributed by atoms with van der Waals surface area (Å²) in [5.74, 6) is -0.0530. The van der Waals surface area contributed by atoms with Crippen LogP contribution in [-0.2, 0) is 7.05 Å². The van der Waals surface area contributed by atoms with E-state index in [9.17, 15) is 9.59 Å². The molecule has 3 aromatic rings. The molecule has 1 aromatic heterocycles. The van der Waals surface area contributed by atoms with Crippen molar-refractivity contribution in [2.45, 2.75) is 6.92 Å². The molecule has 0 aliphatic rings. The number of aryl methyl sites for hydroxylation is 2. The number of fused-ring (bicyclic) bond motifs is 1. The first-order chi connectivity index (χ1) is 11.5. The van der Waals surface area contributed by atoms with Crippen LogP contribution in [-0.4, -0.2) is 22.8 Å². The number of methoxy groups -OCH3 is 1. The van der Waals surface area contributed by atoms with Gasteiger partial charge in [-0.25, -0.2) is 0 Å². The lowest BCUT2D eigenvalue weighted by Crippen LogP contribution is -2.26. The van der Waals surface area contributed by atoms with Gasteiger partial charge in [0.25, 0.3) is 5.91 Å². The molecule has 0 aliphatic heterocycles. The van der Waals surface area contributed by atoms with Crippen molar-refractivity contribution in [3.05, 3.63) is 63.9 Å². The Hall–Kier alpha value is -3.15. The fourth-order valence-electron chi connectivity index (χ4n) is 2.57. The maximum absolute atomic E-state index is 12.7. The predicted octanol–water partition coefficient (Wildman–Crippen LogP) is 2.50. The molecule has 24 heavy (non-hydrogen) atoms. The topological polar surface area (TPSA) is 73.2 Å². The summed E-state index contributed by atoms with van der Waals surface area (Å²) in [6.07, 6.45) is 0. The number of hydrogen-bond acceptors (Lipinski definition) is 4. The third-order valence-corrected chi connectivity index (χ3v) is 3.78. The minimum absolute atomic E-state index is 0.151.